The highest BCUT2D eigenvalue weighted by atomic mass is 79.9. The van der Waals surface area contributed by atoms with E-state index in [-0.39, 0.29) is 0 Å². The molecule has 78 valence electrons. The van der Waals surface area contributed by atoms with Crippen LogP contribution in [-0.2, 0) is 13.1 Å². The summed E-state index contributed by atoms with van der Waals surface area (Å²) in [6.45, 7) is 1.44. The average Bonchev–Trinajstić information content (AvgIpc) is 2.74. The molecule has 0 aromatic carbocycles. The lowest BCUT2D eigenvalue weighted by Gasteiger charge is -2.03. The number of rotatable bonds is 4. The van der Waals surface area contributed by atoms with Crippen LogP contribution >= 0.6 is 15.9 Å². The zero-order valence-corrected chi connectivity index (χ0v) is 9.70. The fourth-order valence-electron chi connectivity index (χ4n) is 1.27. The smallest absolute Gasteiger partial charge is 0.117 e. The molecule has 0 bridgehead atoms. The quantitative estimate of drug-likeness (QED) is 0.925. The first-order chi connectivity index (χ1) is 7.36. The van der Waals surface area contributed by atoms with Crippen LogP contribution in [0.2, 0.25) is 0 Å². The van der Waals surface area contributed by atoms with Crippen molar-refractivity contribution in [2.75, 3.05) is 0 Å². The first-order valence-corrected chi connectivity index (χ1v) is 5.48. The fraction of sp³-hybridized carbons (Fsp3) is 0.182. The maximum Gasteiger partial charge on any atom is 0.117 e. The zero-order chi connectivity index (χ0) is 10.5. The van der Waals surface area contributed by atoms with E-state index >= 15 is 0 Å². The van der Waals surface area contributed by atoms with Gasteiger partial charge in [-0.05, 0) is 40.2 Å². The third-order valence-electron chi connectivity index (χ3n) is 2.01. The van der Waals surface area contributed by atoms with E-state index in [4.69, 9.17) is 4.42 Å². The number of hydrogen-bond acceptors (Lipinski definition) is 3. The molecule has 2 aromatic rings. The van der Waals surface area contributed by atoms with Gasteiger partial charge in [0.2, 0.25) is 0 Å². The van der Waals surface area contributed by atoms with Crippen molar-refractivity contribution in [3.63, 3.8) is 0 Å². The number of nitrogens with one attached hydrogen (secondary N) is 1. The Hall–Kier alpha value is -1.13. The Morgan fingerprint density at radius 3 is 2.93 bits per heavy atom. The molecule has 3 nitrogen and oxygen atoms in total. The Bertz CT molecular complexity index is 414. The van der Waals surface area contributed by atoms with E-state index < -0.39 is 0 Å². The van der Waals surface area contributed by atoms with Crippen molar-refractivity contribution in [2.24, 2.45) is 0 Å². The van der Waals surface area contributed by atoms with Gasteiger partial charge in [-0.25, -0.2) is 0 Å². The van der Waals surface area contributed by atoms with E-state index in [0.29, 0.717) is 0 Å². The maximum absolute atomic E-state index is 5.21. The Kier molecular flexibility index (Phi) is 3.53. The minimum atomic E-state index is 0.718. The van der Waals surface area contributed by atoms with Gasteiger partial charge in [-0.2, -0.15) is 0 Å². The van der Waals surface area contributed by atoms with E-state index in [9.17, 15) is 0 Å². The highest BCUT2D eigenvalue weighted by molar-refractivity contribution is 9.10. The second kappa shape index (κ2) is 5.09. The Balaban J connectivity index is 1.86. The van der Waals surface area contributed by atoms with Crippen LogP contribution in [-0.4, -0.2) is 4.98 Å². The Morgan fingerprint density at radius 1 is 1.27 bits per heavy atom. The van der Waals surface area contributed by atoms with E-state index in [0.717, 1.165) is 29.0 Å². The first-order valence-electron chi connectivity index (χ1n) is 4.69. The van der Waals surface area contributed by atoms with Gasteiger partial charge in [0.15, 0.2) is 0 Å². The lowest BCUT2D eigenvalue weighted by molar-refractivity contribution is 0.481. The van der Waals surface area contributed by atoms with Crippen LogP contribution in [0.15, 0.2) is 45.6 Å². The van der Waals surface area contributed by atoms with Gasteiger partial charge in [0.1, 0.15) is 5.76 Å². The molecule has 1 N–H and O–H groups in total. The largest absolute Gasteiger partial charge is 0.468 e. The van der Waals surface area contributed by atoms with Crippen LogP contribution < -0.4 is 5.32 Å². The number of halogens is 1. The van der Waals surface area contributed by atoms with Crippen molar-refractivity contribution < 1.29 is 4.42 Å². The molecule has 0 aliphatic rings. The normalized spacial score (nSPS) is 10.5. The molecule has 0 atom stereocenters. The average molecular weight is 267 g/mol. The predicted octanol–water partition coefficient (Wildman–Crippen LogP) is 2.73. The molecule has 15 heavy (non-hydrogen) atoms. The monoisotopic (exact) mass is 266 g/mol. The van der Waals surface area contributed by atoms with Crippen molar-refractivity contribution >= 4 is 15.9 Å². The second-order valence-electron chi connectivity index (χ2n) is 3.11. The molecule has 0 fully saturated rings. The molecule has 2 rings (SSSR count). The van der Waals surface area contributed by atoms with Crippen molar-refractivity contribution in [1.82, 2.24) is 10.3 Å². The summed E-state index contributed by atoms with van der Waals surface area (Å²) in [6.07, 6.45) is 3.46. The summed E-state index contributed by atoms with van der Waals surface area (Å²) in [4.78, 5) is 4.26. The van der Waals surface area contributed by atoms with Crippen LogP contribution in [0, 0.1) is 0 Å². The van der Waals surface area contributed by atoms with Crippen LogP contribution in [0.4, 0.5) is 0 Å². The topological polar surface area (TPSA) is 38.1 Å². The predicted molar refractivity (Wildman–Crippen MR) is 61.2 cm³/mol. The summed E-state index contributed by atoms with van der Waals surface area (Å²) in [6, 6.07) is 7.71. The number of nitrogens with zero attached hydrogens (tertiary/aromatic N) is 1. The van der Waals surface area contributed by atoms with E-state index in [2.05, 4.69) is 26.2 Å². The van der Waals surface area contributed by atoms with Gasteiger partial charge in [-0.15, -0.1) is 0 Å². The van der Waals surface area contributed by atoms with E-state index in [1.54, 1.807) is 12.5 Å². The molecule has 4 heteroatoms. The molecule has 0 saturated heterocycles. The number of aromatic nitrogens is 1. The van der Waals surface area contributed by atoms with Crippen molar-refractivity contribution in [2.45, 2.75) is 13.1 Å². The van der Waals surface area contributed by atoms with E-state index in [1.807, 2.05) is 24.3 Å². The summed E-state index contributed by atoms with van der Waals surface area (Å²) in [5.41, 5.74) is 1.00. The first kappa shape index (κ1) is 10.4. The minimum Gasteiger partial charge on any atom is -0.468 e. The summed E-state index contributed by atoms with van der Waals surface area (Å²) in [5.74, 6) is 0.932. The van der Waals surface area contributed by atoms with Gasteiger partial charge in [0.05, 0.1) is 18.5 Å². The third kappa shape index (κ3) is 2.91. The van der Waals surface area contributed by atoms with Gasteiger partial charge < -0.3 is 9.73 Å². The van der Waals surface area contributed by atoms with Crippen molar-refractivity contribution in [3.8, 4) is 0 Å². The Morgan fingerprint density at radius 2 is 2.20 bits per heavy atom. The van der Waals surface area contributed by atoms with Gasteiger partial charge in [0.25, 0.3) is 0 Å². The van der Waals surface area contributed by atoms with Crippen LogP contribution in [0.25, 0.3) is 0 Å². The van der Waals surface area contributed by atoms with Crippen molar-refractivity contribution in [1.29, 1.82) is 0 Å². The summed E-state index contributed by atoms with van der Waals surface area (Å²) in [7, 11) is 0. The van der Waals surface area contributed by atoms with Gasteiger partial charge in [-0.1, -0.05) is 0 Å². The fourth-order valence-corrected chi connectivity index (χ4v) is 1.66. The van der Waals surface area contributed by atoms with Gasteiger partial charge >= 0.3 is 0 Å². The maximum atomic E-state index is 5.21. The Labute approximate surface area is 96.6 Å². The number of furan rings is 1. The molecule has 0 unspecified atom stereocenters. The van der Waals surface area contributed by atoms with Crippen LogP contribution in [0.5, 0.6) is 0 Å². The SMILES string of the molecule is Brc1cccnc1CNCc1ccco1. The molecule has 0 spiro atoms. The highest BCUT2D eigenvalue weighted by Crippen LogP contribution is 2.12. The van der Waals surface area contributed by atoms with Crippen molar-refractivity contribution in [3.05, 3.63) is 52.7 Å². The highest BCUT2D eigenvalue weighted by Gasteiger charge is 2.00. The van der Waals surface area contributed by atoms with Crippen LogP contribution in [0.1, 0.15) is 11.5 Å². The molecule has 2 aromatic heterocycles. The zero-order valence-electron chi connectivity index (χ0n) is 8.11. The molecule has 0 amide bonds. The summed E-state index contributed by atoms with van der Waals surface area (Å²) < 4.78 is 6.23. The minimum absolute atomic E-state index is 0.718. The third-order valence-corrected chi connectivity index (χ3v) is 2.73. The summed E-state index contributed by atoms with van der Waals surface area (Å²) >= 11 is 3.45. The number of pyridine rings is 1. The van der Waals surface area contributed by atoms with E-state index in [1.165, 1.54) is 0 Å². The van der Waals surface area contributed by atoms with Crippen LogP contribution in [0.3, 0.4) is 0 Å². The number of hydrogen-bond donors (Lipinski definition) is 1. The molecule has 0 aliphatic carbocycles. The molecular weight excluding hydrogens is 256 g/mol. The molecule has 2 heterocycles. The molecule has 0 radical (unpaired) electrons. The molecule has 0 saturated carbocycles. The standard InChI is InChI=1S/C11H11BrN2O/c12-10-4-1-5-14-11(10)8-13-7-9-3-2-6-15-9/h1-6,13H,7-8H2. The van der Waals surface area contributed by atoms with Gasteiger partial charge in [0, 0.05) is 17.2 Å². The molecule has 0 aliphatic heterocycles. The second-order valence-corrected chi connectivity index (χ2v) is 3.97. The summed E-state index contributed by atoms with van der Waals surface area (Å²) in [5, 5.41) is 3.26. The lowest BCUT2D eigenvalue weighted by Crippen LogP contribution is -2.13. The molecular formula is C11H11BrN2O. The van der Waals surface area contributed by atoms with Gasteiger partial charge in [-0.3, -0.25) is 4.98 Å². The lowest BCUT2D eigenvalue weighted by atomic mass is 10.3.